The molecular weight excluding hydrogens is 402 g/mol. The van der Waals surface area contributed by atoms with E-state index in [1.165, 1.54) is 0 Å². The lowest BCUT2D eigenvalue weighted by Gasteiger charge is -2.37. The molecule has 32 heavy (non-hydrogen) atoms. The number of rotatable bonds is 2. The third-order valence-electron chi connectivity index (χ3n) is 6.35. The Kier molecular flexibility index (Phi) is 7.22. The number of nitrogens with one attached hydrogen (secondary N) is 3. The molecule has 2 aromatic rings. The summed E-state index contributed by atoms with van der Waals surface area (Å²) in [6.45, 7) is 2.35. The van der Waals surface area contributed by atoms with Gasteiger partial charge in [-0.15, -0.1) is 0 Å². The molecular formula is C26H31N3O3. The van der Waals surface area contributed by atoms with Crippen LogP contribution >= 0.6 is 0 Å². The van der Waals surface area contributed by atoms with E-state index in [1.807, 2.05) is 60.7 Å². The Bertz CT molecular complexity index is 952. The second-order valence-corrected chi connectivity index (χ2v) is 8.58. The van der Waals surface area contributed by atoms with Crippen LogP contribution in [0.3, 0.4) is 0 Å². The lowest BCUT2D eigenvalue weighted by atomic mass is 9.75. The van der Waals surface area contributed by atoms with E-state index in [0.717, 1.165) is 31.5 Å². The summed E-state index contributed by atoms with van der Waals surface area (Å²) in [6.07, 6.45) is 6.89. The summed E-state index contributed by atoms with van der Waals surface area (Å²) in [6, 6.07) is 17.1. The Morgan fingerprint density at radius 1 is 0.938 bits per heavy atom. The first kappa shape index (κ1) is 22.1. The first-order chi connectivity index (χ1) is 15.7. The second kappa shape index (κ2) is 10.5. The van der Waals surface area contributed by atoms with Gasteiger partial charge in [-0.2, -0.15) is 0 Å². The molecule has 0 aliphatic carbocycles. The molecule has 1 atom stereocenters. The van der Waals surface area contributed by atoms with Crippen LogP contribution in [-0.4, -0.2) is 44.1 Å². The first-order valence-electron chi connectivity index (χ1n) is 11.4. The number of carbonyl (C=O) groups is 2. The van der Waals surface area contributed by atoms with E-state index in [4.69, 9.17) is 4.74 Å². The molecule has 2 heterocycles. The molecule has 0 radical (unpaired) electrons. The van der Waals surface area contributed by atoms with Gasteiger partial charge < -0.3 is 20.7 Å². The van der Waals surface area contributed by atoms with Gasteiger partial charge in [0.2, 0.25) is 5.91 Å². The molecule has 6 heteroatoms. The summed E-state index contributed by atoms with van der Waals surface area (Å²) in [5, 5.41) is 9.65. The number of para-hydroxylation sites is 1. The Morgan fingerprint density at radius 3 is 2.50 bits per heavy atom. The minimum Gasteiger partial charge on any atom is -0.489 e. The normalized spacial score (nSPS) is 22.6. The number of hydrogen-bond acceptors (Lipinski definition) is 4. The van der Waals surface area contributed by atoms with Crippen molar-refractivity contribution in [2.75, 3.05) is 26.2 Å². The van der Waals surface area contributed by atoms with Crippen molar-refractivity contribution in [1.82, 2.24) is 16.0 Å². The molecule has 0 saturated carbocycles. The van der Waals surface area contributed by atoms with Gasteiger partial charge in [0, 0.05) is 6.54 Å². The third kappa shape index (κ3) is 5.37. The maximum absolute atomic E-state index is 13.5. The second-order valence-electron chi connectivity index (χ2n) is 8.58. The SMILES string of the molecule is O=C1NC[C@@H](Cc2ccccc2)NC(=O)C2(C/C=C/COc3ccccc31)CCNCC2. The average molecular weight is 434 g/mol. The maximum Gasteiger partial charge on any atom is 0.255 e. The molecule has 2 aliphatic rings. The number of carbonyl (C=O) groups excluding carboxylic acids is 2. The molecule has 2 amide bonds. The molecule has 1 fully saturated rings. The van der Waals surface area contributed by atoms with E-state index in [1.54, 1.807) is 6.07 Å². The van der Waals surface area contributed by atoms with Crippen LogP contribution in [0.15, 0.2) is 66.7 Å². The number of amides is 2. The minimum absolute atomic E-state index is 0.0669. The maximum atomic E-state index is 13.5. The number of hydrogen-bond donors (Lipinski definition) is 3. The molecule has 1 saturated heterocycles. The van der Waals surface area contributed by atoms with Crippen molar-refractivity contribution in [3.05, 3.63) is 77.9 Å². The summed E-state index contributed by atoms with van der Waals surface area (Å²) in [5.74, 6) is 0.426. The largest absolute Gasteiger partial charge is 0.489 e. The lowest BCUT2D eigenvalue weighted by Crippen LogP contribution is -2.53. The number of ether oxygens (including phenoxy) is 1. The van der Waals surface area contributed by atoms with Crippen molar-refractivity contribution in [2.24, 2.45) is 5.41 Å². The highest BCUT2D eigenvalue weighted by molar-refractivity contribution is 5.97. The molecule has 0 unspecified atom stereocenters. The van der Waals surface area contributed by atoms with Crippen molar-refractivity contribution < 1.29 is 14.3 Å². The number of benzene rings is 2. The van der Waals surface area contributed by atoms with Crippen molar-refractivity contribution >= 4 is 11.8 Å². The average Bonchev–Trinajstić information content (AvgIpc) is 2.83. The van der Waals surface area contributed by atoms with Gasteiger partial charge in [0.1, 0.15) is 12.4 Å². The van der Waals surface area contributed by atoms with E-state index in [9.17, 15) is 9.59 Å². The van der Waals surface area contributed by atoms with Gasteiger partial charge in [-0.1, -0.05) is 54.6 Å². The fourth-order valence-corrected chi connectivity index (χ4v) is 4.45. The van der Waals surface area contributed by atoms with Crippen LogP contribution in [-0.2, 0) is 11.2 Å². The lowest BCUT2D eigenvalue weighted by molar-refractivity contribution is -0.133. The zero-order chi connectivity index (χ0) is 22.2. The fourth-order valence-electron chi connectivity index (χ4n) is 4.45. The number of fused-ring (bicyclic) bond motifs is 1. The summed E-state index contributed by atoms with van der Waals surface area (Å²) in [5.41, 5.74) is 1.18. The predicted molar refractivity (Wildman–Crippen MR) is 125 cm³/mol. The molecule has 6 nitrogen and oxygen atoms in total. The van der Waals surface area contributed by atoms with Crippen molar-refractivity contribution in [1.29, 1.82) is 0 Å². The Hall–Kier alpha value is -3.12. The van der Waals surface area contributed by atoms with Crippen LogP contribution in [0, 0.1) is 5.41 Å². The quantitative estimate of drug-likeness (QED) is 0.637. The summed E-state index contributed by atoms with van der Waals surface area (Å²) in [7, 11) is 0. The van der Waals surface area contributed by atoms with Crippen molar-refractivity contribution in [3.63, 3.8) is 0 Å². The van der Waals surface area contributed by atoms with Gasteiger partial charge >= 0.3 is 0 Å². The van der Waals surface area contributed by atoms with Crippen LogP contribution in [0.1, 0.15) is 35.2 Å². The van der Waals surface area contributed by atoms with Gasteiger partial charge in [0.15, 0.2) is 0 Å². The van der Waals surface area contributed by atoms with Gasteiger partial charge in [-0.3, -0.25) is 9.59 Å². The molecule has 4 rings (SSSR count). The van der Waals surface area contributed by atoms with E-state index in [-0.39, 0.29) is 17.9 Å². The van der Waals surface area contributed by atoms with Gasteiger partial charge in [0.05, 0.1) is 17.0 Å². The summed E-state index contributed by atoms with van der Waals surface area (Å²) in [4.78, 5) is 26.4. The van der Waals surface area contributed by atoms with E-state index in [2.05, 4.69) is 16.0 Å². The topological polar surface area (TPSA) is 79.5 Å². The minimum atomic E-state index is -0.442. The predicted octanol–water partition coefficient (Wildman–Crippen LogP) is 2.85. The number of allylic oxidation sites excluding steroid dienone is 1. The van der Waals surface area contributed by atoms with Crippen molar-refractivity contribution in [2.45, 2.75) is 31.7 Å². The van der Waals surface area contributed by atoms with Crippen molar-refractivity contribution in [3.8, 4) is 5.75 Å². The van der Waals surface area contributed by atoms with Gasteiger partial charge in [0.25, 0.3) is 5.91 Å². The summed E-state index contributed by atoms with van der Waals surface area (Å²) >= 11 is 0. The van der Waals surface area contributed by atoms with E-state index in [0.29, 0.717) is 37.3 Å². The molecule has 168 valence electrons. The van der Waals surface area contributed by atoms with Crippen LogP contribution < -0.4 is 20.7 Å². The number of piperidine rings is 1. The Balaban J connectivity index is 1.61. The summed E-state index contributed by atoms with van der Waals surface area (Å²) < 4.78 is 5.87. The Labute approximate surface area is 189 Å². The van der Waals surface area contributed by atoms with Gasteiger partial charge in [-0.25, -0.2) is 0 Å². The van der Waals surface area contributed by atoms with Gasteiger partial charge in [-0.05, 0) is 56.5 Å². The third-order valence-corrected chi connectivity index (χ3v) is 6.35. The first-order valence-corrected chi connectivity index (χ1v) is 11.4. The van der Waals surface area contributed by atoms with Crippen LogP contribution in [0.2, 0.25) is 0 Å². The van der Waals surface area contributed by atoms with E-state index >= 15 is 0 Å². The van der Waals surface area contributed by atoms with E-state index < -0.39 is 5.41 Å². The molecule has 3 N–H and O–H groups in total. The zero-order valence-corrected chi connectivity index (χ0v) is 18.3. The molecule has 0 aromatic heterocycles. The fraction of sp³-hybridized carbons (Fsp3) is 0.385. The monoisotopic (exact) mass is 433 g/mol. The van der Waals surface area contributed by atoms with Crippen LogP contribution in [0.4, 0.5) is 0 Å². The highest BCUT2D eigenvalue weighted by Gasteiger charge is 2.39. The smallest absolute Gasteiger partial charge is 0.255 e. The highest BCUT2D eigenvalue weighted by atomic mass is 16.5. The van der Waals surface area contributed by atoms with Crippen LogP contribution in [0.5, 0.6) is 5.75 Å². The molecule has 2 aromatic carbocycles. The van der Waals surface area contributed by atoms with Crippen LogP contribution in [0.25, 0.3) is 0 Å². The molecule has 1 spiro atoms. The highest BCUT2D eigenvalue weighted by Crippen LogP contribution is 2.34. The standard InChI is InChI=1S/C26H31N3O3/c30-24-22-10-4-5-11-23(22)32-17-7-6-12-26(13-15-27-16-14-26)25(31)29-21(19-28-24)18-20-8-2-1-3-9-20/h1-11,21,27H,12-19H2,(H,28,30)(H,29,31)/b7-6+/t21-/m1/s1. The molecule has 2 aliphatic heterocycles. The molecule has 0 bridgehead atoms. The zero-order valence-electron chi connectivity index (χ0n) is 18.3. The Morgan fingerprint density at radius 2 is 1.69 bits per heavy atom.